The number of carbonyl (C=O) groups excluding carboxylic acids is 1. The zero-order chi connectivity index (χ0) is 25.5. The number of rotatable bonds is 6. The summed E-state index contributed by atoms with van der Waals surface area (Å²) >= 11 is 0. The third-order valence-electron chi connectivity index (χ3n) is 5.08. The molecule has 0 aliphatic carbocycles. The van der Waals surface area contributed by atoms with Gasteiger partial charge < -0.3 is 20.8 Å². The molecule has 0 bridgehead atoms. The van der Waals surface area contributed by atoms with Crippen LogP contribution in [-0.4, -0.2) is 70.3 Å². The van der Waals surface area contributed by atoms with Crippen LogP contribution in [0.5, 0.6) is 0 Å². The minimum Gasteiger partial charge on any atom is -0.382 e. The fourth-order valence-electron chi connectivity index (χ4n) is 3.35. The summed E-state index contributed by atoms with van der Waals surface area (Å²) in [7, 11) is 0. The van der Waals surface area contributed by atoms with E-state index in [1.807, 2.05) is 4.90 Å². The second-order valence-corrected chi connectivity index (χ2v) is 7.76. The number of aromatic amines is 1. The molecule has 1 amide bonds. The molecular formula is C23H23F3N8O2. The molecule has 1 fully saturated rings. The van der Waals surface area contributed by atoms with E-state index in [-0.39, 0.29) is 35.6 Å². The first-order valence-electron chi connectivity index (χ1n) is 11.0. The van der Waals surface area contributed by atoms with E-state index in [2.05, 4.69) is 30.3 Å². The molecule has 4 rings (SSSR count). The largest absolute Gasteiger partial charge is 0.433 e. The van der Waals surface area contributed by atoms with Gasteiger partial charge in [-0.1, -0.05) is 6.07 Å². The number of amides is 1. The number of alkyl halides is 3. The number of carbonyl (C=O) groups is 1. The van der Waals surface area contributed by atoms with Crippen molar-refractivity contribution < 1.29 is 22.7 Å². The molecule has 10 nitrogen and oxygen atoms in total. The van der Waals surface area contributed by atoms with Crippen molar-refractivity contribution in [3.05, 3.63) is 71.9 Å². The van der Waals surface area contributed by atoms with Gasteiger partial charge in [0.1, 0.15) is 17.2 Å². The highest BCUT2D eigenvalue weighted by atomic mass is 19.4. The van der Waals surface area contributed by atoms with Crippen LogP contribution in [0.2, 0.25) is 0 Å². The number of nitrogens with one attached hydrogen (secondary N) is 2. The second-order valence-electron chi connectivity index (χ2n) is 7.76. The highest BCUT2D eigenvalue weighted by molar-refractivity contribution is 6.10. The maximum Gasteiger partial charge on any atom is 0.433 e. The molecule has 0 radical (unpaired) electrons. The zero-order valence-corrected chi connectivity index (χ0v) is 19.0. The minimum atomic E-state index is -4.62. The van der Waals surface area contributed by atoms with Crippen molar-refractivity contribution in [3.63, 3.8) is 0 Å². The molecule has 0 saturated carbocycles. The molecule has 4 N–H and O–H groups in total. The molecule has 1 aliphatic heterocycles. The normalized spacial score (nSPS) is 15.6. The van der Waals surface area contributed by atoms with Crippen molar-refractivity contribution in [2.24, 2.45) is 15.7 Å². The van der Waals surface area contributed by atoms with Gasteiger partial charge in [-0.2, -0.15) is 13.2 Å². The van der Waals surface area contributed by atoms with E-state index in [9.17, 15) is 18.0 Å². The molecule has 0 atom stereocenters. The third kappa shape index (κ3) is 6.73. The number of ether oxygens (including phenoxy) is 1. The van der Waals surface area contributed by atoms with Crippen LogP contribution in [-0.2, 0) is 15.7 Å². The molecule has 188 valence electrons. The fourth-order valence-corrected chi connectivity index (χ4v) is 3.35. The van der Waals surface area contributed by atoms with Gasteiger partial charge in [-0.15, -0.1) is 0 Å². The van der Waals surface area contributed by atoms with Gasteiger partial charge in [0, 0.05) is 31.5 Å². The van der Waals surface area contributed by atoms with Gasteiger partial charge in [-0.05, 0) is 30.3 Å². The quantitative estimate of drug-likeness (QED) is 0.352. The van der Waals surface area contributed by atoms with Gasteiger partial charge in [-0.3, -0.25) is 9.69 Å². The molecule has 3 aromatic rings. The van der Waals surface area contributed by atoms with Gasteiger partial charge in [0.2, 0.25) is 5.91 Å². The Labute approximate surface area is 204 Å². The predicted octanol–water partition coefficient (Wildman–Crippen LogP) is 2.58. The third-order valence-corrected chi connectivity index (χ3v) is 5.08. The Balaban J connectivity index is 1.57. The monoisotopic (exact) mass is 500 g/mol. The van der Waals surface area contributed by atoms with Crippen LogP contribution >= 0.6 is 0 Å². The van der Waals surface area contributed by atoms with Crippen LogP contribution in [0.15, 0.2) is 64.8 Å². The van der Waals surface area contributed by atoms with Gasteiger partial charge in [0.15, 0.2) is 11.7 Å². The lowest BCUT2D eigenvalue weighted by molar-refractivity contribution is -0.141. The molecule has 0 unspecified atom stereocenters. The summed E-state index contributed by atoms with van der Waals surface area (Å²) in [6, 6.07) is 9.92. The molecule has 13 heteroatoms. The lowest BCUT2D eigenvalue weighted by Gasteiger charge is -2.25. The van der Waals surface area contributed by atoms with Crippen molar-refractivity contribution in [3.8, 4) is 0 Å². The summed E-state index contributed by atoms with van der Waals surface area (Å²) < 4.78 is 44.4. The summed E-state index contributed by atoms with van der Waals surface area (Å²) in [6.45, 7) is 2.71. The SMILES string of the molecule is NC(=NC(=Nc1ccnc(NC(=O)CN2CCOCC2)c1)c1ccc[nH]1)c1cccc(C(F)(F)F)n1. The van der Waals surface area contributed by atoms with Crippen LogP contribution in [0.25, 0.3) is 0 Å². The molecule has 4 heterocycles. The van der Waals surface area contributed by atoms with E-state index in [0.717, 1.165) is 6.07 Å². The van der Waals surface area contributed by atoms with Crippen molar-refractivity contribution in [1.82, 2.24) is 19.9 Å². The Morgan fingerprint density at radius 3 is 2.72 bits per heavy atom. The minimum absolute atomic E-state index is 0.105. The van der Waals surface area contributed by atoms with Crippen LogP contribution in [0.3, 0.4) is 0 Å². The van der Waals surface area contributed by atoms with Crippen LogP contribution in [0.1, 0.15) is 17.1 Å². The number of halogens is 3. The Hall–Kier alpha value is -4.10. The fraction of sp³-hybridized carbons (Fsp3) is 0.261. The van der Waals surface area contributed by atoms with E-state index in [1.54, 1.807) is 30.5 Å². The lowest BCUT2D eigenvalue weighted by atomic mass is 10.2. The van der Waals surface area contributed by atoms with Crippen molar-refractivity contribution in [2.45, 2.75) is 6.18 Å². The first-order chi connectivity index (χ1) is 17.3. The number of aliphatic imine (C=N–C) groups is 2. The number of pyridine rings is 2. The number of aromatic nitrogens is 3. The van der Waals surface area contributed by atoms with E-state index in [1.165, 1.54) is 18.3 Å². The van der Waals surface area contributed by atoms with Gasteiger partial charge >= 0.3 is 6.18 Å². The molecule has 36 heavy (non-hydrogen) atoms. The molecule has 0 aromatic carbocycles. The highest BCUT2D eigenvalue weighted by Crippen LogP contribution is 2.27. The topological polar surface area (TPSA) is 134 Å². The maximum atomic E-state index is 13.0. The summed E-state index contributed by atoms with van der Waals surface area (Å²) in [6.07, 6.45) is -1.51. The summed E-state index contributed by atoms with van der Waals surface area (Å²) in [5.41, 5.74) is 5.64. The number of nitrogens with zero attached hydrogens (tertiary/aromatic N) is 5. The molecule has 3 aromatic heterocycles. The maximum absolute atomic E-state index is 13.0. The zero-order valence-electron chi connectivity index (χ0n) is 19.0. The Kier molecular flexibility index (Phi) is 7.71. The van der Waals surface area contributed by atoms with Crippen LogP contribution < -0.4 is 11.1 Å². The van der Waals surface area contributed by atoms with Crippen molar-refractivity contribution in [2.75, 3.05) is 38.2 Å². The number of amidine groups is 2. The lowest BCUT2D eigenvalue weighted by Crippen LogP contribution is -2.41. The van der Waals surface area contributed by atoms with E-state index < -0.39 is 11.9 Å². The molecule has 1 saturated heterocycles. The number of nitrogens with two attached hydrogens (primary N) is 1. The average molecular weight is 500 g/mol. The van der Waals surface area contributed by atoms with Crippen molar-refractivity contribution in [1.29, 1.82) is 0 Å². The van der Waals surface area contributed by atoms with Crippen molar-refractivity contribution >= 4 is 29.1 Å². The van der Waals surface area contributed by atoms with Gasteiger partial charge in [-0.25, -0.2) is 20.0 Å². The standard InChI is InChI=1S/C23H23F3N8O2/c24-23(25,26)18-5-1-3-16(31-18)21(27)33-22(17-4-2-7-28-17)30-15-6-8-29-19(13-15)32-20(35)14-34-9-11-36-12-10-34/h1-8,13,28H,9-12,14H2,(H3,27,29,30,32,33,35). The first-order valence-corrected chi connectivity index (χ1v) is 11.0. The van der Waals surface area contributed by atoms with E-state index in [0.29, 0.717) is 37.7 Å². The summed E-state index contributed by atoms with van der Waals surface area (Å²) in [5.74, 6) is -0.0825. The number of anilines is 1. The van der Waals surface area contributed by atoms with Crippen LogP contribution in [0, 0.1) is 0 Å². The van der Waals surface area contributed by atoms with E-state index >= 15 is 0 Å². The van der Waals surface area contributed by atoms with E-state index in [4.69, 9.17) is 10.5 Å². The number of H-pyrrole nitrogens is 1. The predicted molar refractivity (Wildman–Crippen MR) is 127 cm³/mol. The number of morpholine rings is 1. The van der Waals surface area contributed by atoms with Gasteiger partial charge in [0.05, 0.1) is 31.1 Å². The Morgan fingerprint density at radius 1 is 1.19 bits per heavy atom. The Morgan fingerprint density at radius 2 is 2.00 bits per heavy atom. The second kappa shape index (κ2) is 11.1. The van der Waals surface area contributed by atoms with Crippen LogP contribution in [0.4, 0.5) is 24.7 Å². The molecule has 1 aliphatic rings. The Bertz CT molecular complexity index is 1250. The summed E-state index contributed by atoms with van der Waals surface area (Å²) in [5, 5.41) is 2.74. The first kappa shape index (κ1) is 25.0. The molecule has 0 spiro atoms. The summed E-state index contributed by atoms with van der Waals surface area (Å²) in [4.78, 5) is 33.7. The number of hydrogen-bond donors (Lipinski definition) is 3. The highest BCUT2D eigenvalue weighted by Gasteiger charge is 2.32. The van der Waals surface area contributed by atoms with Gasteiger partial charge in [0.25, 0.3) is 0 Å². The smallest absolute Gasteiger partial charge is 0.382 e. The number of hydrogen-bond acceptors (Lipinski definition) is 6. The molecular weight excluding hydrogens is 477 g/mol. The average Bonchev–Trinajstić information content (AvgIpc) is 3.39.